The molecule has 0 aliphatic rings. The van der Waals surface area contributed by atoms with Crippen LogP contribution in [0, 0.1) is 10.1 Å². The van der Waals surface area contributed by atoms with E-state index in [1.54, 1.807) is 10.9 Å². The normalized spacial score (nSPS) is 10.3. The van der Waals surface area contributed by atoms with Crippen LogP contribution in [0.4, 0.5) is 11.5 Å². The molecule has 0 atom stereocenters. The number of pyridine rings is 1. The van der Waals surface area contributed by atoms with Gasteiger partial charge in [-0.25, -0.2) is 4.98 Å². The number of halogens is 1. The highest BCUT2D eigenvalue weighted by atomic mass is 79.9. The van der Waals surface area contributed by atoms with E-state index in [1.807, 2.05) is 12.3 Å². The number of nitro groups is 1. The average Bonchev–Trinajstić information content (AvgIpc) is 2.84. The second-order valence-electron chi connectivity index (χ2n) is 3.47. The van der Waals surface area contributed by atoms with Crippen molar-refractivity contribution in [3.05, 3.63) is 45.3 Å². The lowest BCUT2D eigenvalue weighted by Crippen LogP contribution is -2.12. The first kappa shape index (κ1) is 12.5. The van der Waals surface area contributed by atoms with Gasteiger partial charge in [-0.05, 0) is 22.0 Å². The molecule has 94 valence electrons. The number of nitrogens with one attached hydrogen (secondary N) is 1. The summed E-state index contributed by atoms with van der Waals surface area (Å²) in [6.45, 7) is 1.12. The molecule has 2 rings (SSSR count). The van der Waals surface area contributed by atoms with Crippen molar-refractivity contribution in [3.63, 3.8) is 0 Å². The second kappa shape index (κ2) is 5.58. The third-order valence-corrected chi connectivity index (χ3v) is 2.66. The molecule has 18 heavy (non-hydrogen) atoms. The summed E-state index contributed by atoms with van der Waals surface area (Å²) in [4.78, 5) is 14.4. The van der Waals surface area contributed by atoms with Crippen LogP contribution < -0.4 is 5.32 Å². The minimum absolute atomic E-state index is 0.0511. The zero-order valence-corrected chi connectivity index (χ0v) is 10.9. The average molecular weight is 312 g/mol. The highest BCUT2D eigenvalue weighted by molar-refractivity contribution is 9.10. The van der Waals surface area contributed by atoms with Gasteiger partial charge in [-0.1, -0.05) is 0 Å². The molecule has 0 fully saturated rings. The number of anilines is 1. The summed E-state index contributed by atoms with van der Waals surface area (Å²) in [7, 11) is 0. The van der Waals surface area contributed by atoms with Crippen LogP contribution in [-0.2, 0) is 6.54 Å². The van der Waals surface area contributed by atoms with Crippen molar-refractivity contribution in [1.29, 1.82) is 0 Å². The first-order chi connectivity index (χ1) is 8.66. The molecule has 0 saturated heterocycles. The molecule has 0 spiro atoms. The Morgan fingerprint density at radius 3 is 3.06 bits per heavy atom. The van der Waals surface area contributed by atoms with Crippen LogP contribution in [0.3, 0.4) is 0 Å². The van der Waals surface area contributed by atoms with Crippen molar-refractivity contribution in [1.82, 2.24) is 14.8 Å². The Hall–Kier alpha value is -1.96. The van der Waals surface area contributed by atoms with E-state index >= 15 is 0 Å². The van der Waals surface area contributed by atoms with Crippen LogP contribution in [-0.4, -0.2) is 26.2 Å². The molecule has 0 radical (unpaired) electrons. The van der Waals surface area contributed by atoms with Gasteiger partial charge in [0.25, 0.3) is 0 Å². The van der Waals surface area contributed by atoms with Gasteiger partial charge in [0, 0.05) is 35.7 Å². The number of aromatic nitrogens is 3. The van der Waals surface area contributed by atoms with Crippen LogP contribution in [0.2, 0.25) is 0 Å². The van der Waals surface area contributed by atoms with E-state index in [4.69, 9.17) is 0 Å². The summed E-state index contributed by atoms with van der Waals surface area (Å²) in [6, 6.07) is 3.24. The molecular formula is C10H10BrN5O2. The Bertz CT molecular complexity index is 543. The van der Waals surface area contributed by atoms with Gasteiger partial charge in [-0.2, -0.15) is 5.10 Å². The monoisotopic (exact) mass is 311 g/mol. The molecule has 2 heterocycles. The Kier molecular flexibility index (Phi) is 3.88. The first-order valence-corrected chi connectivity index (χ1v) is 5.97. The van der Waals surface area contributed by atoms with E-state index in [1.165, 1.54) is 12.3 Å². The van der Waals surface area contributed by atoms with Gasteiger partial charge in [0.05, 0.1) is 11.5 Å². The molecule has 7 nitrogen and oxygen atoms in total. The third-order valence-electron chi connectivity index (χ3n) is 2.22. The Morgan fingerprint density at radius 2 is 2.39 bits per heavy atom. The summed E-state index contributed by atoms with van der Waals surface area (Å²) >= 11 is 3.16. The minimum atomic E-state index is -0.464. The smallest absolute Gasteiger partial charge is 0.312 e. The van der Waals surface area contributed by atoms with E-state index in [0.29, 0.717) is 17.6 Å². The van der Waals surface area contributed by atoms with Crippen molar-refractivity contribution in [2.45, 2.75) is 6.54 Å². The van der Waals surface area contributed by atoms with E-state index in [0.717, 1.165) is 0 Å². The van der Waals surface area contributed by atoms with E-state index in [9.17, 15) is 10.1 Å². The lowest BCUT2D eigenvalue weighted by Gasteiger charge is -2.06. The van der Waals surface area contributed by atoms with Crippen LogP contribution in [0.15, 0.2) is 35.2 Å². The lowest BCUT2D eigenvalue weighted by molar-refractivity contribution is -0.384. The maximum absolute atomic E-state index is 10.9. The Balaban J connectivity index is 2.02. The number of hydrogen-bond acceptors (Lipinski definition) is 5. The maximum atomic E-state index is 10.9. The van der Waals surface area contributed by atoms with Crippen LogP contribution in [0.5, 0.6) is 0 Å². The summed E-state index contributed by atoms with van der Waals surface area (Å²) in [5.41, 5.74) is -0.0511. The molecule has 2 aromatic rings. The maximum Gasteiger partial charge on any atom is 0.312 e. The van der Waals surface area contributed by atoms with Crippen molar-refractivity contribution >= 4 is 27.4 Å². The largest absolute Gasteiger partial charge is 0.362 e. The van der Waals surface area contributed by atoms with Gasteiger partial charge in [0.2, 0.25) is 5.82 Å². The quantitative estimate of drug-likeness (QED) is 0.674. The fourth-order valence-electron chi connectivity index (χ4n) is 1.43. The minimum Gasteiger partial charge on any atom is -0.362 e. The predicted molar refractivity (Wildman–Crippen MR) is 69.3 cm³/mol. The first-order valence-electron chi connectivity index (χ1n) is 5.18. The van der Waals surface area contributed by atoms with Crippen molar-refractivity contribution < 1.29 is 4.92 Å². The zero-order valence-electron chi connectivity index (χ0n) is 9.28. The zero-order chi connectivity index (χ0) is 13.0. The highest BCUT2D eigenvalue weighted by Crippen LogP contribution is 2.24. The summed E-state index contributed by atoms with van der Waals surface area (Å²) < 4.78 is 2.31. The predicted octanol–water partition coefficient (Wildman–Crippen LogP) is 2.06. The molecule has 0 unspecified atom stereocenters. The van der Waals surface area contributed by atoms with E-state index in [-0.39, 0.29) is 11.5 Å². The van der Waals surface area contributed by atoms with Gasteiger partial charge in [0.1, 0.15) is 0 Å². The number of rotatable bonds is 5. The van der Waals surface area contributed by atoms with E-state index in [2.05, 4.69) is 31.3 Å². The molecule has 0 aromatic carbocycles. The summed E-state index contributed by atoms with van der Waals surface area (Å²) in [6.07, 6.45) is 5.02. The molecule has 0 bridgehead atoms. The van der Waals surface area contributed by atoms with Crippen molar-refractivity contribution in [2.75, 3.05) is 11.9 Å². The fourth-order valence-corrected chi connectivity index (χ4v) is 1.74. The van der Waals surface area contributed by atoms with Gasteiger partial charge in [-0.15, -0.1) is 0 Å². The SMILES string of the molecule is O=[N+]([O-])c1cc(Br)cnc1NCCn1cccn1. The molecular weight excluding hydrogens is 302 g/mol. The Labute approximate surface area is 111 Å². The van der Waals surface area contributed by atoms with Crippen LogP contribution in [0.1, 0.15) is 0 Å². The summed E-state index contributed by atoms with van der Waals surface area (Å²) in [5.74, 6) is 0.260. The molecule has 2 aromatic heterocycles. The standard InChI is InChI=1S/C10H10BrN5O2/c11-8-6-9(16(17)18)10(13-7-8)12-3-5-15-4-1-2-14-15/h1-2,4,6-7H,3,5H2,(H,12,13). The third kappa shape index (κ3) is 3.04. The van der Waals surface area contributed by atoms with E-state index < -0.39 is 4.92 Å². The molecule has 1 N–H and O–H groups in total. The van der Waals surface area contributed by atoms with Gasteiger partial charge < -0.3 is 5.32 Å². The van der Waals surface area contributed by atoms with Crippen LogP contribution >= 0.6 is 15.9 Å². The topological polar surface area (TPSA) is 85.9 Å². The Morgan fingerprint density at radius 1 is 1.56 bits per heavy atom. The molecule has 0 amide bonds. The second-order valence-corrected chi connectivity index (χ2v) is 4.39. The molecule has 0 saturated carbocycles. The molecule has 8 heteroatoms. The lowest BCUT2D eigenvalue weighted by atomic mass is 10.4. The van der Waals surface area contributed by atoms with Crippen molar-refractivity contribution in [3.8, 4) is 0 Å². The summed E-state index contributed by atoms with van der Waals surface area (Å²) in [5, 5.41) is 17.8. The van der Waals surface area contributed by atoms with Gasteiger partial charge in [0.15, 0.2) is 0 Å². The highest BCUT2D eigenvalue weighted by Gasteiger charge is 2.15. The van der Waals surface area contributed by atoms with Gasteiger partial charge >= 0.3 is 5.69 Å². The van der Waals surface area contributed by atoms with Crippen LogP contribution in [0.25, 0.3) is 0 Å². The number of nitrogens with zero attached hydrogens (tertiary/aromatic N) is 4. The van der Waals surface area contributed by atoms with Gasteiger partial charge in [-0.3, -0.25) is 14.8 Å². The fraction of sp³-hybridized carbons (Fsp3) is 0.200. The molecule has 0 aliphatic heterocycles. The number of hydrogen-bond donors (Lipinski definition) is 1. The van der Waals surface area contributed by atoms with Crippen molar-refractivity contribution in [2.24, 2.45) is 0 Å². The molecule has 0 aliphatic carbocycles.